The van der Waals surface area contributed by atoms with E-state index in [2.05, 4.69) is 55.4 Å². The third-order valence-corrected chi connectivity index (χ3v) is 18.5. The summed E-state index contributed by atoms with van der Waals surface area (Å²) in [6.45, 7) is 14.1. The Labute approximate surface area is 556 Å². The first-order chi connectivity index (χ1) is 43.6. The predicted octanol–water partition coefficient (Wildman–Crippen LogP) is 20.5. The van der Waals surface area contributed by atoms with E-state index in [1.54, 1.807) is 0 Å². The van der Waals surface area contributed by atoms with Crippen LogP contribution < -0.4 is 0 Å². The van der Waals surface area contributed by atoms with E-state index >= 15 is 0 Å². The van der Waals surface area contributed by atoms with Crippen molar-refractivity contribution in [2.75, 3.05) is 39.6 Å². The number of phosphoric acid groups is 2. The largest absolute Gasteiger partial charge is 0.472 e. The average Bonchev–Trinajstić information content (AvgIpc) is 1.99. The molecule has 3 unspecified atom stereocenters. The first kappa shape index (κ1) is 89.1. The smallest absolute Gasteiger partial charge is 0.462 e. The minimum absolute atomic E-state index is 0.103. The molecule has 0 bridgehead atoms. The van der Waals surface area contributed by atoms with Crippen molar-refractivity contribution in [3.05, 3.63) is 0 Å². The van der Waals surface area contributed by atoms with Gasteiger partial charge in [0, 0.05) is 25.7 Å². The highest BCUT2D eigenvalue weighted by Crippen LogP contribution is 2.45. The Morgan fingerprint density at radius 2 is 0.462 bits per heavy atom. The quantitative estimate of drug-likeness (QED) is 0.0222. The van der Waals surface area contributed by atoms with Gasteiger partial charge in [-0.1, -0.05) is 306 Å². The molecule has 0 amide bonds. The molecule has 0 aromatic heterocycles. The number of carbonyl (C=O) groups excluding carboxylic acids is 4. The second-order valence-corrected chi connectivity index (χ2v) is 30.8. The van der Waals surface area contributed by atoms with Crippen molar-refractivity contribution < 1.29 is 80.2 Å². The van der Waals surface area contributed by atoms with E-state index in [0.717, 1.165) is 114 Å². The highest BCUT2D eigenvalue weighted by molar-refractivity contribution is 7.47. The maximum atomic E-state index is 13.0. The molecule has 0 aliphatic carbocycles. The van der Waals surface area contributed by atoms with Gasteiger partial charge in [0.2, 0.25) is 0 Å². The second-order valence-electron chi connectivity index (χ2n) is 27.9. The molecule has 0 aromatic rings. The summed E-state index contributed by atoms with van der Waals surface area (Å²) in [6.07, 6.45) is 44.5. The van der Waals surface area contributed by atoms with Crippen LogP contribution in [0.15, 0.2) is 0 Å². The van der Waals surface area contributed by atoms with Gasteiger partial charge in [0.1, 0.15) is 19.3 Å². The summed E-state index contributed by atoms with van der Waals surface area (Å²) in [6, 6.07) is 0. The highest BCUT2D eigenvalue weighted by Gasteiger charge is 2.30. The van der Waals surface area contributed by atoms with Gasteiger partial charge in [0.15, 0.2) is 12.2 Å². The van der Waals surface area contributed by atoms with E-state index in [4.69, 9.17) is 37.0 Å². The molecule has 0 radical (unpaired) electrons. The molecule has 0 aromatic carbocycles. The minimum atomic E-state index is -4.95. The molecular weight excluding hydrogens is 1200 g/mol. The molecule has 0 aliphatic rings. The van der Waals surface area contributed by atoms with Crippen LogP contribution in [0.4, 0.5) is 0 Å². The second kappa shape index (κ2) is 61.6. The van der Waals surface area contributed by atoms with Gasteiger partial charge >= 0.3 is 39.5 Å². The predicted molar refractivity (Wildman–Crippen MR) is 367 cm³/mol. The molecule has 0 fully saturated rings. The summed E-state index contributed by atoms with van der Waals surface area (Å²) >= 11 is 0. The van der Waals surface area contributed by atoms with E-state index in [1.807, 2.05) is 0 Å². The standard InChI is InChI=1S/C72H140O17P2/c1-62(2)48-40-32-24-16-13-11-9-10-12-14-18-28-36-44-52-69(74)82-58-67(88-71(76)54-46-38-30-19-15-17-25-33-41-49-63(3)4)60-86-90(78,79)84-56-66(73)57-85-91(80,81)87-61-68(89-72(77)55-47-39-31-23-21-27-35-43-51-65(7)8)59-83-70(75)53-45-37-29-22-20-26-34-42-50-64(5)6/h62-68,73H,9-61H2,1-8H3,(H,78,79)(H,80,81)/t66?,67-,68-/m1/s1. The zero-order valence-electron chi connectivity index (χ0n) is 59.5. The van der Waals surface area contributed by atoms with Crippen LogP contribution in [0.3, 0.4) is 0 Å². The van der Waals surface area contributed by atoms with Gasteiger partial charge in [0.05, 0.1) is 26.4 Å². The Kier molecular flexibility index (Phi) is 60.3. The number of aliphatic hydroxyl groups is 1. The third-order valence-electron chi connectivity index (χ3n) is 16.6. The monoisotopic (exact) mass is 1340 g/mol. The molecule has 0 rings (SSSR count). The van der Waals surface area contributed by atoms with E-state index in [0.29, 0.717) is 25.7 Å². The lowest BCUT2D eigenvalue weighted by molar-refractivity contribution is -0.161. The number of aliphatic hydroxyl groups excluding tert-OH is 1. The molecule has 0 saturated carbocycles. The number of ether oxygens (including phenoxy) is 4. The normalized spacial score (nSPS) is 14.2. The van der Waals surface area contributed by atoms with Crippen LogP contribution in [0.2, 0.25) is 0 Å². The van der Waals surface area contributed by atoms with E-state index in [-0.39, 0.29) is 25.7 Å². The molecule has 3 N–H and O–H groups in total. The number of hydrogen-bond donors (Lipinski definition) is 3. The number of carbonyl (C=O) groups is 4. The van der Waals surface area contributed by atoms with Gasteiger partial charge in [-0.2, -0.15) is 0 Å². The molecule has 17 nitrogen and oxygen atoms in total. The molecule has 5 atom stereocenters. The molecule has 0 spiro atoms. The highest BCUT2D eigenvalue weighted by atomic mass is 31.2. The van der Waals surface area contributed by atoms with E-state index in [1.165, 1.54) is 161 Å². The van der Waals surface area contributed by atoms with Crippen molar-refractivity contribution in [2.24, 2.45) is 23.7 Å². The van der Waals surface area contributed by atoms with Crippen molar-refractivity contribution in [3.8, 4) is 0 Å². The van der Waals surface area contributed by atoms with Crippen LogP contribution in [-0.4, -0.2) is 96.7 Å². The Hall–Kier alpha value is -1.94. The third kappa shape index (κ3) is 66.5. The van der Waals surface area contributed by atoms with Gasteiger partial charge in [0.25, 0.3) is 0 Å². The summed E-state index contributed by atoms with van der Waals surface area (Å²) in [5.41, 5.74) is 0. The lowest BCUT2D eigenvalue weighted by atomic mass is 10.0. The van der Waals surface area contributed by atoms with Crippen LogP contribution in [-0.2, 0) is 65.4 Å². The summed E-state index contributed by atoms with van der Waals surface area (Å²) in [5.74, 6) is 0.852. The van der Waals surface area contributed by atoms with Crippen molar-refractivity contribution >= 4 is 39.5 Å². The van der Waals surface area contributed by atoms with E-state index < -0.39 is 97.5 Å². The molecule has 91 heavy (non-hydrogen) atoms. The van der Waals surface area contributed by atoms with Crippen molar-refractivity contribution in [1.29, 1.82) is 0 Å². The first-order valence-electron chi connectivity index (χ1n) is 37.2. The Morgan fingerprint density at radius 1 is 0.275 bits per heavy atom. The fraction of sp³-hybridized carbons (Fsp3) is 0.944. The molecule has 0 heterocycles. The van der Waals surface area contributed by atoms with Crippen molar-refractivity contribution in [3.63, 3.8) is 0 Å². The Morgan fingerprint density at radius 3 is 0.681 bits per heavy atom. The summed E-state index contributed by atoms with van der Waals surface area (Å²) in [5, 5.41) is 10.6. The van der Waals surface area contributed by atoms with Gasteiger partial charge < -0.3 is 33.8 Å². The van der Waals surface area contributed by atoms with E-state index in [9.17, 15) is 43.2 Å². The molecule has 19 heteroatoms. The number of phosphoric ester groups is 2. The number of unbranched alkanes of at least 4 members (excludes halogenated alkanes) is 35. The fourth-order valence-electron chi connectivity index (χ4n) is 10.8. The zero-order valence-corrected chi connectivity index (χ0v) is 61.3. The topological polar surface area (TPSA) is 237 Å². The van der Waals surface area contributed by atoms with Crippen molar-refractivity contribution in [1.82, 2.24) is 0 Å². The lowest BCUT2D eigenvalue weighted by Gasteiger charge is -2.21. The van der Waals surface area contributed by atoms with Crippen LogP contribution in [0.1, 0.15) is 357 Å². The number of hydrogen-bond acceptors (Lipinski definition) is 15. The maximum absolute atomic E-state index is 13.0. The first-order valence-corrected chi connectivity index (χ1v) is 40.2. The SMILES string of the molecule is CC(C)CCCCCCCCCCCCCCCCC(=O)OC[C@H](COP(=O)(O)OCC(O)COP(=O)(O)OC[C@@H](COC(=O)CCCCCCCCCCC(C)C)OC(=O)CCCCCCCCCCC(C)C)OC(=O)CCCCCCCCCCCC(C)C. The zero-order chi connectivity index (χ0) is 67.5. The summed E-state index contributed by atoms with van der Waals surface area (Å²) in [7, 11) is -9.91. The Bertz CT molecular complexity index is 1800. The van der Waals surface area contributed by atoms with Crippen LogP contribution >= 0.6 is 15.6 Å². The van der Waals surface area contributed by atoms with Crippen LogP contribution in [0.5, 0.6) is 0 Å². The molecule has 0 aliphatic heterocycles. The summed E-state index contributed by atoms with van der Waals surface area (Å²) < 4.78 is 68.3. The van der Waals surface area contributed by atoms with Crippen LogP contribution in [0.25, 0.3) is 0 Å². The number of rotatable bonds is 69. The van der Waals surface area contributed by atoms with Gasteiger partial charge in [-0.25, -0.2) is 9.13 Å². The number of esters is 4. The van der Waals surface area contributed by atoms with Crippen LogP contribution in [0, 0.1) is 23.7 Å². The fourth-order valence-corrected chi connectivity index (χ4v) is 12.4. The van der Waals surface area contributed by atoms with Gasteiger partial charge in [-0.05, 0) is 49.4 Å². The van der Waals surface area contributed by atoms with Gasteiger partial charge in [-0.3, -0.25) is 37.3 Å². The minimum Gasteiger partial charge on any atom is -0.462 e. The maximum Gasteiger partial charge on any atom is 0.472 e. The average molecular weight is 1340 g/mol. The van der Waals surface area contributed by atoms with Gasteiger partial charge in [-0.15, -0.1) is 0 Å². The lowest BCUT2D eigenvalue weighted by Crippen LogP contribution is -2.30. The molecular formula is C72H140O17P2. The van der Waals surface area contributed by atoms with Crippen molar-refractivity contribution in [2.45, 2.75) is 375 Å². The summed E-state index contributed by atoms with van der Waals surface area (Å²) in [4.78, 5) is 72.6. The molecule has 0 saturated heterocycles. The Balaban J connectivity index is 5.23. The molecule has 540 valence electrons.